The summed E-state index contributed by atoms with van der Waals surface area (Å²) in [7, 11) is 1.71. The SMILES string of the molecule is CCC(=O)CC(C)(O)C1CCCC1.COc1ccn2nc(C)c(C3CCC3)c2c1. The van der Waals surface area contributed by atoms with Crippen LogP contribution in [0.1, 0.15) is 88.8 Å². The Bertz CT molecular complexity index is 830. The Morgan fingerprint density at radius 1 is 1.28 bits per heavy atom. The number of ether oxygens (including phenoxy) is 1. The fourth-order valence-corrected chi connectivity index (χ4v) is 4.71. The zero-order valence-electron chi connectivity index (χ0n) is 18.4. The number of aryl methyl sites for hydroxylation is 1. The highest BCUT2D eigenvalue weighted by atomic mass is 16.5. The Kier molecular flexibility index (Phi) is 6.99. The average molecular weight is 401 g/mol. The van der Waals surface area contributed by atoms with E-state index in [1.165, 1.54) is 43.2 Å². The van der Waals surface area contributed by atoms with Gasteiger partial charge in [0.15, 0.2) is 0 Å². The standard InChI is InChI=1S/C13H16N2O.C11H20O2/c1-9-13(10-4-3-5-10)12-8-11(16-2)6-7-15(12)14-9;1-3-10(12)8-11(2,13)9-6-4-5-7-9/h6-8,10H,3-5H2,1-2H3;9,13H,3-8H2,1-2H3. The van der Waals surface area contributed by atoms with Crippen molar-refractivity contribution in [3.63, 3.8) is 0 Å². The number of Topliss-reactive ketones (excluding diaryl/α,β-unsaturated/α-hetero) is 1. The molecule has 2 aromatic heterocycles. The number of methoxy groups -OCH3 is 1. The normalized spacial score (nSPS) is 19.3. The molecule has 2 saturated carbocycles. The molecule has 0 bridgehead atoms. The lowest BCUT2D eigenvalue weighted by atomic mass is 9.79. The number of hydrogen-bond acceptors (Lipinski definition) is 4. The summed E-state index contributed by atoms with van der Waals surface area (Å²) in [6, 6.07) is 4.04. The third-order valence-electron chi connectivity index (χ3n) is 6.76. The van der Waals surface area contributed by atoms with Gasteiger partial charge in [-0.05, 0) is 57.4 Å². The molecule has 2 aromatic rings. The number of rotatable bonds is 6. The second kappa shape index (κ2) is 9.29. The van der Waals surface area contributed by atoms with Gasteiger partial charge in [0, 0.05) is 30.7 Å². The number of aliphatic hydroxyl groups is 1. The summed E-state index contributed by atoms with van der Waals surface area (Å²) >= 11 is 0. The van der Waals surface area contributed by atoms with Crippen LogP contribution < -0.4 is 4.74 Å². The van der Waals surface area contributed by atoms with E-state index in [-0.39, 0.29) is 5.78 Å². The van der Waals surface area contributed by atoms with Gasteiger partial charge in [-0.2, -0.15) is 5.10 Å². The Hall–Kier alpha value is -1.88. The first-order valence-corrected chi connectivity index (χ1v) is 11.1. The van der Waals surface area contributed by atoms with Gasteiger partial charge in [0.25, 0.3) is 0 Å². The molecule has 0 radical (unpaired) electrons. The summed E-state index contributed by atoms with van der Waals surface area (Å²) < 4.78 is 7.24. The predicted octanol–water partition coefficient (Wildman–Crippen LogP) is 5.22. The van der Waals surface area contributed by atoms with Crippen molar-refractivity contribution in [3.05, 3.63) is 29.6 Å². The number of carbonyl (C=O) groups excluding carboxylic acids is 1. The molecule has 2 aliphatic carbocycles. The highest BCUT2D eigenvalue weighted by Gasteiger charge is 2.35. The number of pyridine rings is 1. The van der Waals surface area contributed by atoms with Crippen LogP contribution in [0.2, 0.25) is 0 Å². The smallest absolute Gasteiger partial charge is 0.135 e. The van der Waals surface area contributed by atoms with Crippen molar-refractivity contribution in [2.24, 2.45) is 5.92 Å². The molecule has 0 aromatic carbocycles. The molecule has 29 heavy (non-hydrogen) atoms. The van der Waals surface area contributed by atoms with Crippen LogP contribution in [0.5, 0.6) is 5.75 Å². The lowest BCUT2D eigenvalue weighted by Crippen LogP contribution is -2.35. The quantitative estimate of drug-likeness (QED) is 0.722. The van der Waals surface area contributed by atoms with Gasteiger partial charge in [0.2, 0.25) is 0 Å². The maximum Gasteiger partial charge on any atom is 0.135 e. The highest BCUT2D eigenvalue weighted by molar-refractivity contribution is 5.79. The van der Waals surface area contributed by atoms with Crippen molar-refractivity contribution in [2.45, 2.75) is 90.1 Å². The minimum Gasteiger partial charge on any atom is -0.497 e. The Morgan fingerprint density at radius 2 is 1.97 bits per heavy atom. The molecule has 1 unspecified atom stereocenters. The molecule has 0 aliphatic heterocycles. The molecule has 2 heterocycles. The largest absolute Gasteiger partial charge is 0.497 e. The summed E-state index contributed by atoms with van der Waals surface area (Å²) in [6.45, 7) is 5.77. The topological polar surface area (TPSA) is 63.8 Å². The highest BCUT2D eigenvalue weighted by Crippen LogP contribution is 2.40. The monoisotopic (exact) mass is 400 g/mol. The Labute approximate surface area is 174 Å². The molecule has 0 amide bonds. The van der Waals surface area contributed by atoms with Gasteiger partial charge in [0.05, 0.1) is 23.9 Å². The van der Waals surface area contributed by atoms with Crippen molar-refractivity contribution in [1.29, 1.82) is 0 Å². The van der Waals surface area contributed by atoms with Crippen molar-refractivity contribution in [3.8, 4) is 5.75 Å². The van der Waals surface area contributed by atoms with E-state index >= 15 is 0 Å². The van der Waals surface area contributed by atoms with E-state index in [0.717, 1.165) is 24.3 Å². The van der Waals surface area contributed by atoms with Crippen LogP contribution in [0.3, 0.4) is 0 Å². The maximum absolute atomic E-state index is 11.2. The van der Waals surface area contributed by atoms with Crippen LogP contribution in [0.25, 0.3) is 5.52 Å². The molecular formula is C24H36N2O3. The van der Waals surface area contributed by atoms with Crippen LogP contribution in [0.15, 0.2) is 18.3 Å². The fraction of sp³-hybridized carbons (Fsp3) is 0.667. The summed E-state index contributed by atoms with van der Waals surface area (Å²) in [5, 5.41) is 14.6. The van der Waals surface area contributed by atoms with Crippen molar-refractivity contribution in [2.75, 3.05) is 7.11 Å². The van der Waals surface area contributed by atoms with Crippen molar-refractivity contribution >= 4 is 11.3 Å². The van der Waals surface area contributed by atoms with E-state index in [2.05, 4.69) is 18.1 Å². The van der Waals surface area contributed by atoms with E-state index in [9.17, 15) is 9.90 Å². The van der Waals surface area contributed by atoms with E-state index in [1.54, 1.807) is 7.11 Å². The fourth-order valence-electron chi connectivity index (χ4n) is 4.71. The van der Waals surface area contributed by atoms with Crippen LogP contribution in [0, 0.1) is 12.8 Å². The predicted molar refractivity (Wildman–Crippen MR) is 116 cm³/mol. The first kappa shape index (κ1) is 21.8. The van der Waals surface area contributed by atoms with E-state index in [1.807, 2.05) is 30.6 Å². The van der Waals surface area contributed by atoms with Gasteiger partial charge in [-0.1, -0.05) is 26.2 Å². The van der Waals surface area contributed by atoms with Gasteiger partial charge >= 0.3 is 0 Å². The first-order valence-electron chi connectivity index (χ1n) is 11.1. The molecule has 0 saturated heterocycles. The molecule has 160 valence electrons. The van der Waals surface area contributed by atoms with Crippen LogP contribution in [-0.2, 0) is 4.79 Å². The lowest BCUT2D eigenvalue weighted by Gasteiger charge is -2.29. The molecule has 1 atom stereocenters. The van der Waals surface area contributed by atoms with Gasteiger partial charge in [-0.25, -0.2) is 4.52 Å². The molecule has 0 spiro atoms. The van der Waals surface area contributed by atoms with Gasteiger partial charge in [-0.3, -0.25) is 4.79 Å². The number of nitrogens with zero attached hydrogens (tertiary/aromatic N) is 2. The van der Waals surface area contributed by atoms with Gasteiger partial charge < -0.3 is 9.84 Å². The summed E-state index contributed by atoms with van der Waals surface area (Å²) in [5.74, 6) is 2.15. The van der Waals surface area contributed by atoms with Crippen molar-refractivity contribution in [1.82, 2.24) is 9.61 Å². The lowest BCUT2D eigenvalue weighted by molar-refractivity contribution is -0.125. The zero-order valence-corrected chi connectivity index (χ0v) is 18.4. The third-order valence-corrected chi connectivity index (χ3v) is 6.76. The molecule has 1 N–H and O–H groups in total. The van der Waals surface area contributed by atoms with E-state index < -0.39 is 5.60 Å². The van der Waals surface area contributed by atoms with Gasteiger partial charge in [-0.15, -0.1) is 0 Å². The number of carbonyl (C=O) groups is 1. The van der Waals surface area contributed by atoms with E-state index in [4.69, 9.17) is 4.74 Å². The average Bonchev–Trinajstić information content (AvgIpc) is 3.30. The minimum atomic E-state index is -0.746. The summed E-state index contributed by atoms with van der Waals surface area (Å²) in [5.41, 5.74) is 3.05. The number of fused-ring (bicyclic) bond motifs is 1. The third kappa shape index (κ3) is 5.00. The van der Waals surface area contributed by atoms with Crippen molar-refractivity contribution < 1.29 is 14.6 Å². The van der Waals surface area contributed by atoms with Crippen LogP contribution in [0.4, 0.5) is 0 Å². The molecule has 2 fully saturated rings. The maximum atomic E-state index is 11.2. The Morgan fingerprint density at radius 3 is 2.52 bits per heavy atom. The molecule has 5 nitrogen and oxygen atoms in total. The summed E-state index contributed by atoms with van der Waals surface area (Å²) in [4.78, 5) is 11.2. The molecule has 2 aliphatic rings. The number of aromatic nitrogens is 2. The van der Waals surface area contributed by atoms with Crippen LogP contribution in [-0.4, -0.2) is 33.2 Å². The molecule has 5 heteroatoms. The first-order chi connectivity index (χ1) is 13.9. The van der Waals surface area contributed by atoms with E-state index in [0.29, 0.717) is 24.7 Å². The second-order valence-corrected chi connectivity index (χ2v) is 8.93. The zero-order chi connectivity index (χ0) is 21.0. The summed E-state index contributed by atoms with van der Waals surface area (Å²) in [6.07, 6.45) is 11.4. The molecular weight excluding hydrogens is 364 g/mol. The number of hydrogen-bond donors (Lipinski definition) is 1. The minimum absolute atomic E-state index is 0.178. The van der Waals surface area contributed by atoms with Crippen LogP contribution >= 0.6 is 0 Å². The second-order valence-electron chi connectivity index (χ2n) is 8.93. The van der Waals surface area contributed by atoms with Gasteiger partial charge in [0.1, 0.15) is 11.5 Å². The Balaban J connectivity index is 0.000000170. The number of ketones is 1. The molecule has 4 rings (SSSR count).